The van der Waals surface area contributed by atoms with Crippen molar-refractivity contribution in [3.63, 3.8) is 0 Å². The van der Waals surface area contributed by atoms with Crippen molar-refractivity contribution in [1.82, 2.24) is 4.90 Å². The van der Waals surface area contributed by atoms with Gasteiger partial charge >= 0.3 is 0 Å². The Hall–Kier alpha value is -2.04. The van der Waals surface area contributed by atoms with Gasteiger partial charge in [-0.05, 0) is 56.8 Å². The van der Waals surface area contributed by atoms with E-state index >= 15 is 0 Å². The van der Waals surface area contributed by atoms with Gasteiger partial charge in [0.2, 0.25) is 0 Å². The van der Waals surface area contributed by atoms with E-state index in [2.05, 4.69) is 37.2 Å². The van der Waals surface area contributed by atoms with Crippen LogP contribution in [0.15, 0.2) is 42.5 Å². The van der Waals surface area contributed by atoms with E-state index in [4.69, 9.17) is 9.47 Å². The molecule has 0 aliphatic heterocycles. The van der Waals surface area contributed by atoms with Gasteiger partial charge in [0.15, 0.2) is 0 Å². The zero-order chi connectivity index (χ0) is 18.4. The molecule has 0 aliphatic carbocycles. The molecule has 136 valence electrons. The molecular weight excluding hydrogens is 314 g/mol. The van der Waals surface area contributed by atoms with Gasteiger partial charge in [-0.3, -0.25) is 0 Å². The molecule has 0 aromatic heterocycles. The maximum Gasteiger partial charge on any atom is 0.123 e. The van der Waals surface area contributed by atoms with E-state index in [9.17, 15) is 5.11 Å². The van der Waals surface area contributed by atoms with Gasteiger partial charge in [-0.2, -0.15) is 0 Å². The van der Waals surface area contributed by atoms with Gasteiger partial charge in [0.25, 0.3) is 0 Å². The summed E-state index contributed by atoms with van der Waals surface area (Å²) in [4.78, 5) is 2.15. The van der Waals surface area contributed by atoms with E-state index in [1.165, 1.54) is 11.1 Å². The number of hydrogen-bond acceptors (Lipinski definition) is 4. The van der Waals surface area contributed by atoms with E-state index in [0.29, 0.717) is 13.0 Å². The van der Waals surface area contributed by atoms with Crippen LogP contribution in [0.25, 0.3) is 11.1 Å². The van der Waals surface area contributed by atoms with E-state index in [1.807, 2.05) is 24.3 Å². The van der Waals surface area contributed by atoms with Gasteiger partial charge in [-0.15, -0.1) is 0 Å². The minimum Gasteiger partial charge on any atom is -0.497 e. The van der Waals surface area contributed by atoms with E-state index in [1.54, 1.807) is 21.0 Å². The van der Waals surface area contributed by atoms with E-state index in [0.717, 1.165) is 23.6 Å². The first-order valence-electron chi connectivity index (χ1n) is 8.56. The molecule has 4 heteroatoms. The summed E-state index contributed by atoms with van der Waals surface area (Å²) in [7, 11) is 5.78. The molecule has 0 saturated heterocycles. The summed E-state index contributed by atoms with van der Waals surface area (Å²) in [6.07, 6.45) is 0.566. The highest BCUT2D eigenvalue weighted by molar-refractivity contribution is 5.70. The molecule has 2 rings (SSSR count). The van der Waals surface area contributed by atoms with Crippen molar-refractivity contribution in [3.8, 4) is 22.6 Å². The number of nitrogens with zero attached hydrogens (tertiary/aromatic N) is 1. The van der Waals surface area contributed by atoms with Gasteiger partial charge in [0.1, 0.15) is 11.5 Å². The first-order chi connectivity index (χ1) is 11.8. The first-order valence-corrected chi connectivity index (χ1v) is 8.56. The average Bonchev–Trinajstić information content (AvgIpc) is 2.53. The molecule has 2 aromatic rings. The molecule has 0 aliphatic rings. The van der Waals surface area contributed by atoms with Gasteiger partial charge in [-0.25, -0.2) is 0 Å². The summed E-state index contributed by atoms with van der Waals surface area (Å²) in [6, 6.07) is 14.3. The van der Waals surface area contributed by atoms with Gasteiger partial charge < -0.3 is 19.5 Å². The van der Waals surface area contributed by atoms with Crippen molar-refractivity contribution >= 4 is 0 Å². The molecule has 4 nitrogen and oxygen atoms in total. The average molecular weight is 343 g/mol. The number of aliphatic hydroxyl groups is 1. The molecule has 0 unspecified atom stereocenters. The summed E-state index contributed by atoms with van der Waals surface area (Å²) < 4.78 is 11.3. The normalized spacial score (nSPS) is 11.6. The summed E-state index contributed by atoms with van der Waals surface area (Å²) >= 11 is 0. The number of rotatable bonds is 8. The zero-order valence-electron chi connectivity index (χ0n) is 15.9. The smallest absolute Gasteiger partial charge is 0.123 e. The predicted molar refractivity (Wildman–Crippen MR) is 102 cm³/mol. The van der Waals surface area contributed by atoms with Crippen molar-refractivity contribution in [2.45, 2.75) is 32.4 Å². The summed E-state index contributed by atoms with van der Waals surface area (Å²) in [5, 5.41) is 9.84. The third-order valence-corrected chi connectivity index (χ3v) is 3.91. The number of methoxy groups -OCH3 is 1. The zero-order valence-corrected chi connectivity index (χ0v) is 15.9. The van der Waals surface area contributed by atoms with Gasteiger partial charge in [0, 0.05) is 19.0 Å². The predicted octanol–water partition coefficient (Wildman–Crippen LogP) is 3.96. The highest BCUT2D eigenvalue weighted by Gasteiger charge is 2.13. The van der Waals surface area contributed by atoms with Crippen LogP contribution in [0, 0.1) is 0 Å². The van der Waals surface area contributed by atoms with Gasteiger partial charge in [-0.1, -0.05) is 24.3 Å². The number of ether oxygens (including phenoxy) is 2. The number of hydrogen-bond donors (Lipinski definition) is 1. The van der Waals surface area contributed by atoms with Crippen molar-refractivity contribution < 1.29 is 14.6 Å². The van der Waals surface area contributed by atoms with Crippen molar-refractivity contribution in [3.05, 3.63) is 48.0 Å². The third kappa shape index (κ3) is 6.07. The van der Waals surface area contributed by atoms with Crippen LogP contribution in [0.3, 0.4) is 0 Å². The Morgan fingerprint density at radius 1 is 1.04 bits per heavy atom. The van der Waals surface area contributed by atoms with Crippen LogP contribution >= 0.6 is 0 Å². The minimum absolute atomic E-state index is 0.454. The second-order valence-corrected chi connectivity index (χ2v) is 7.20. The van der Waals surface area contributed by atoms with Crippen LogP contribution in [0.4, 0.5) is 0 Å². The Bertz CT molecular complexity index is 690. The fraction of sp³-hybridized carbons (Fsp3) is 0.429. The minimum atomic E-state index is -0.736. The molecule has 0 radical (unpaired) electrons. The maximum atomic E-state index is 9.84. The summed E-state index contributed by atoms with van der Waals surface area (Å²) in [5.41, 5.74) is 2.75. The molecule has 2 aromatic carbocycles. The molecule has 0 bridgehead atoms. The highest BCUT2D eigenvalue weighted by atomic mass is 16.5. The van der Waals surface area contributed by atoms with Crippen molar-refractivity contribution in [1.29, 1.82) is 0 Å². The molecule has 0 spiro atoms. The van der Waals surface area contributed by atoms with Gasteiger partial charge in [0.05, 0.1) is 19.3 Å². The topological polar surface area (TPSA) is 41.9 Å². The molecule has 25 heavy (non-hydrogen) atoms. The lowest BCUT2D eigenvalue weighted by molar-refractivity contribution is 0.0553. The lowest BCUT2D eigenvalue weighted by atomic mass is 9.99. The standard InChI is InChI=1S/C21H29NO3/c1-21(2,23)10-11-25-19-13-17(12-18(14-19)24-5)20-9-7-6-8-16(20)15-22(3)4/h6-9,12-14,23H,10-11,15H2,1-5H3. The summed E-state index contributed by atoms with van der Waals surface area (Å²) in [6.45, 7) is 4.88. The lowest BCUT2D eigenvalue weighted by Crippen LogP contribution is -2.21. The molecular formula is C21H29NO3. The second kappa shape index (κ2) is 8.37. The fourth-order valence-corrected chi connectivity index (χ4v) is 2.63. The molecule has 0 atom stereocenters. The quantitative estimate of drug-likeness (QED) is 0.788. The fourth-order valence-electron chi connectivity index (χ4n) is 2.63. The molecule has 0 saturated carbocycles. The Morgan fingerprint density at radius 3 is 2.36 bits per heavy atom. The van der Waals surface area contributed by atoms with Crippen LogP contribution in [-0.2, 0) is 6.54 Å². The Kier molecular flexibility index (Phi) is 6.45. The van der Waals surface area contributed by atoms with Crippen LogP contribution in [-0.4, -0.2) is 43.4 Å². The van der Waals surface area contributed by atoms with Crippen LogP contribution in [0.2, 0.25) is 0 Å². The molecule has 1 N–H and O–H groups in total. The Labute approximate surface area is 151 Å². The monoisotopic (exact) mass is 343 g/mol. The highest BCUT2D eigenvalue weighted by Crippen LogP contribution is 2.32. The molecule has 0 heterocycles. The molecule has 0 fully saturated rings. The van der Waals surface area contributed by atoms with Crippen LogP contribution in [0.1, 0.15) is 25.8 Å². The maximum absolute atomic E-state index is 9.84. The SMILES string of the molecule is COc1cc(OCCC(C)(C)O)cc(-c2ccccc2CN(C)C)c1. The Morgan fingerprint density at radius 2 is 1.72 bits per heavy atom. The lowest BCUT2D eigenvalue weighted by Gasteiger charge is -2.18. The van der Waals surface area contributed by atoms with Crippen LogP contribution < -0.4 is 9.47 Å². The van der Waals surface area contributed by atoms with Crippen molar-refractivity contribution in [2.24, 2.45) is 0 Å². The van der Waals surface area contributed by atoms with E-state index in [-0.39, 0.29) is 0 Å². The number of benzene rings is 2. The summed E-state index contributed by atoms with van der Waals surface area (Å²) in [5.74, 6) is 1.51. The van der Waals surface area contributed by atoms with E-state index < -0.39 is 5.60 Å². The Balaban J connectivity index is 2.30. The van der Waals surface area contributed by atoms with Crippen molar-refractivity contribution in [2.75, 3.05) is 27.8 Å². The second-order valence-electron chi connectivity index (χ2n) is 7.20. The first kappa shape index (κ1) is 19.3. The largest absolute Gasteiger partial charge is 0.497 e. The molecule has 0 amide bonds. The van der Waals surface area contributed by atoms with Crippen LogP contribution in [0.5, 0.6) is 11.5 Å². The third-order valence-electron chi connectivity index (χ3n) is 3.91.